The van der Waals surface area contributed by atoms with E-state index in [1.54, 1.807) is 0 Å². The number of carbonyl (C=O) groups excluding carboxylic acids is 1. The van der Waals surface area contributed by atoms with Crippen LogP contribution < -0.4 is 0 Å². The van der Waals surface area contributed by atoms with Crippen molar-refractivity contribution in [3.8, 4) is 0 Å². The van der Waals surface area contributed by atoms with Crippen LogP contribution in [0.5, 0.6) is 0 Å². The van der Waals surface area contributed by atoms with Crippen LogP contribution in [0.1, 0.15) is 54.1 Å². The van der Waals surface area contributed by atoms with Crippen molar-refractivity contribution in [2.24, 2.45) is 0 Å². The molecule has 3 rings (SSSR count). The predicted octanol–water partition coefficient (Wildman–Crippen LogP) is 3.88. The van der Waals surface area contributed by atoms with Crippen LogP contribution in [0.25, 0.3) is 0 Å². The molecule has 1 aromatic carbocycles. The number of carbonyl (C=O) groups is 1. The smallest absolute Gasteiger partial charge is 0.255 e. The quantitative estimate of drug-likeness (QED) is 0.834. The summed E-state index contributed by atoms with van der Waals surface area (Å²) in [6.45, 7) is 14.4. The second-order valence-electron chi connectivity index (χ2n) is 7.66. The molecule has 0 bridgehead atoms. The van der Waals surface area contributed by atoms with Crippen LogP contribution in [0.3, 0.4) is 0 Å². The summed E-state index contributed by atoms with van der Waals surface area (Å²) in [6.07, 6.45) is 0. The Morgan fingerprint density at radius 3 is 2.15 bits per heavy atom. The zero-order chi connectivity index (χ0) is 18.8. The van der Waals surface area contributed by atoms with Crippen molar-refractivity contribution in [1.82, 2.24) is 14.4 Å². The van der Waals surface area contributed by atoms with E-state index in [4.69, 9.17) is 0 Å². The molecule has 0 radical (unpaired) electrons. The van der Waals surface area contributed by atoms with Gasteiger partial charge in [0.05, 0.1) is 11.6 Å². The molecule has 1 amide bonds. The minimum Gasteiger partial charge on any atom is -0.341 e. The van der Waals surface area contributed by atoms with E-state index in [9.17, 15) is 4.79 Å². The molecule has 140 valence electrons. The molecule has 2 aromatic rings. The lowest BCUT2D eigenvalue weighted by molar-refractivity contribution is 0.0594. The molecule has 1 atom stereocenters. The zero-order valence-corrected chi connectivity index (χ0v) is 16.7. The van der Waals surface area contributed by atoms with Crippen molar-refractivity contribution >= 4 is 5.91 Å². The Kier molecular flexibility index (Phi) is 5.52. The molecule has 1 aromatic heterocycles. The summed E-state index contributed by atoms with van der Waals surface area (Å²) in [7, 11) is 0. The second kappa shape index (κ2) is 7.67. The number of hydrogen-bond donors (Lipinski definition) is 0. The van der Waals surface area contributed by atoms with Crippen molar-refractivity contribution < 1.29 is 4.79 Å². The number of piperazine rings is 1. The van der Waals surface area contributed by atoms with Gasteiger partial charge in [0, 0.05) is 43.6 Å². The molecule has 0 saturated carbocycles. The molecule has 4 nitrogen and oxygen atoms in total. The fourth-order valence-corrected chi connectivity index (χ4v) is 4.08. The normalized spacial score (nSPS) is 16.9. The van der Waals surface area contributed by atoms with Gasteiger partial charge in [-0.15, -0.1) is 0 Å². The van der Waals surface area contributed by atoms with E-state index in [-0.39, 0.29) is 11.9 Å². The minimum atomic E-state index is 0.174. The lowest BCUT2D eigenvalue weighted by atomic mass is 10.1. The highest BCUT2D eigenvalue weighted by Crippen LogP contribution is 2.26. The predicted molar refractivity (Wildman–Crippen MR) is 107 cm³/mol. The Morgan fingerprint density at radius 2 is 1.58 bits per heavy atom. The van der Waals surface area contributed by atoms with Gasteiger partial charge in [-0.05, 0) is 46.2 Å². The van der Waals surface area contributed by atoms with E-state index >= 15 is 0 Å². The molecule has 0 spiro atoms. The third-order valence-electron chi connectivity index (χ3n) is 5.72. The lowest BCUT2D eigenvalue weighted by Crippen LogP contribution is -2.50. The maximum Gasteiger partial charge on any atom is 0.255 e. The van der Waals surface area contributed by atoms with Crippen molar-refractivity contribution in [2.75, 3.05) is 26.2 Å². The van der Waals surface area contributed by atoms with E-state index in [2.05, 4.69) is 74.4 Å². The average Bonchev–Trinajstić information content (AvgIpc) is 2.95. The third-order valence-corrected chi connectivity index (χ3v) is 5.72. The number of aromatic nitrogens is 1. The van der Waals surface area contributed by atoms with Gasteiger partial charge in [0.25, 0.3) is 5.91 Å². The van der Waals surface area contributed by atoms with Crippen LogP contribution in [-0.2, 0) is 0 Å². The number of benzene rings is 1. The summed E-state index contributed by atoms with van der Waals surface area (Å²) in [5.74, 6) is 0.174. The second-order valence-corrected chi connectivity index (χ2v) is 7.66. The standard InChI is InChI=1S/C22H31N3O/c1-16(2)23-11-13-24(14-12-23)22(26)21-15-17(3)25(19(21)5)18(4)20-9-7-6-8-10-20/h6-10,15-16,18H,11-14H2,1-5H3. The highest BCUT2D eigenvalue weighted by Gasteiger charge is 2.26. The molecular formula is C22H31N3O. The van der Waals surface area contributed by atoms with Gasteiger partial charge in [-0.25, -0.2) is 0 Å². The third kappa shape index (κ3) is 3.56. The number of nitrogens with zero attached hydrogens (tertiary/aromatic N) is 3. The summed E-state index contributed by atoms with van der Waals surface area (Å²) in [4.78, 5) is 17.6. The Bertz CT molecular complexity index is 755. The van der Waals surface area contributed by atoms with Crippen molar-refractivity contribution in [2.45, 2.75) is 46.7 Å². The molecular weight excluding hydrogens is 322 g/mol. The van der Waals surface area contributed by atoms with E-state index in [1.807, 2.05) is 11.0 Å². The van der Waals surface area contributed by atoms with Crippen LogP contribution in [0.4, 0.5) is 0 Å². The summed E-state index contributed by atoms with van der Waals surface area (Å²) < 4.78 is 2.28. The van der Waals surface area contributed by atoms with E-state index < -0.39 is 0 Å². The summed E-state index contributed by atoms with van der Waals surface area (Å²) in [5.41, 5.74) is 4.32. The van der Waals surface area contributed by atoms with Gasteiger partial charge in [-0.3, -0.25) is 9.69 Å². The van der Waals surface area contributed by atoms with Crippen LogP contribution in [0.2, 0.25) is 0 Å². The number of aryl methyl sites for hydroxylation is 1. The molecule has 2 heterocycles. The molecule has 1 aliphatic rings. The lowest BCUT2D eigenvalue weighted by Gasteiger charge is -2.37. The van der Waals surface area contributed by atoms with E-state index in [1.165, 1.54) is 5.56 Å². The molecule has 0 N–H and O–H groups in total. The van der Waals surface area contributed by atoms with Gasteiger partial charge in [-0.2, -0.15) is 0 Å². The van der Waals surface area contributed by atoms with Crippen LogP contribution in [-0.4, -0.2) is 52.5 Å². The first-order valence-corrected chi connectivity index (χ1v) is 9.67. The van der Waals surface area contributed by atoms with Crippen molar-refractivity contribution in [1.29, 1.82) is 0 Å². The van der Waals surface area contributed by atoms with Crippen molar-refractivity contribution in [3.05, 3.63) is 58.9 Å². The maximum absolute atomic E-state index is 13.1. The first kappa shape index (κ1) is 18.7. The monoisotopic (exact) mass is 353 g/mol. The Morgan fingerprint density at radius 1 is 0.962 bits per heavy atom. The van der Waals surface area contributed by atoms with E-state index in [0.717, 1.165) is 43.1 Å². The minimum absolute atomic E-state index is 0.174. The van der Waals surface area contributed by atoms with Gasteiger partial charge in [0.1, 0.15) is 0 Å². The van der Waals surface area contributed by atoms with Gasteiger partial charge in [-0.1, -0.05) is 30.3 Å². The molecule has 1 fully saturated rings. The van der Waals surface area contributed by atoms with E-state index in [0.29, 0.717) is 6.04 Å². The molecule has 1 unspecified atom stereocenters. The van der Waals surface area contributed by atoms with Crippen LogP contribution in [0.15, 0.2) is 36.4 Å². The van der Waals surface area contributed by atoms with Gasteiger partial charge >= 0.3 is 0 Å². The van der Waals surface area contributed by atoms with Gasteiger partial charge in [0.15, 0.2) is 0 Å². The Balaban J connectivity index is 1.81. The molecule has 0 aliphatic carbocycles. The van der Waals surface area contributed by atoms with Gasteiger partial charge < -0.3 is 9.47 Å². The first-order chi connectivity index (χ1) is 12.4. The fraction of sp³-hybridized carbons (Fsp3) is 0.500. The van der Waals surface area contributed by atoms with Crippen molar-refractivity contribution in [3.63, 3.8) is 0 Å². The Labute approximate surface area is 157 Å². The maximum atomic E-state index is 13.1. The number of hydrogen-bond acceptors (Lipinski definition) is 2. The average molecular weight is 354 g/mol. The first-order valence-electron chi connectivity index (χ1n) is 9.67. The highest BCUT2D eigenvalue weighted by atomic mass is 16.2. The van der Waals surface area contributed by atoms with Crippen LogP contribution in [0, 0.1) is 13.8 Å². The molecule has 1 saturated heterocycles. The summed E-state index contributed by atoms with van der Waals surface area (Å²) >= 11 is 0. The molecule has 26 heavy (non-hydrogen) atoms. The molecule has 4 heteroatoms. The SMILES string of the molecule is Cc1cc(C(=O)N2CCN(C(C)C)CC2)c(C)n1C(C)c1ccccc1. The van der Waals surface area contributed by atoms with Crippen LogP contribution >= 0.6 is 0 Å². The summed E-state index contributed by atoms with van der Waals surface area (Å²) in [6, 6.07) is 13.3. The van der Waals surface area contributed by atoms with Gasteiger partial charge in [0.2, 0.25) is 0 Å². The number of amides is 1. The fourth-order valence-electron chi connectivity index (χ4n) is 4.08. The zero-order valence-electron chi connectivity index (χ0n) is 16.7. The highest BCUT2D eigenvalue weighted by molar-refractivity contribution is 5.95. The Hall–Kier alpha value is -2.07. The molecule has 1 aliphatic heterocycles. The summed E-state index contributed by atoms with van der Waals surface area (Å²) in [5, 5.41) is 0. The topological polar surface area (TPSA) is 28.5 Å². The number of rotatable bonds is 4. The largest absolute Gasteiger partial charge is 0.341 e.